The maximum Gasteiger partial charge on any atom is 0.189 e. The van der Waals surface area contributed by atoms with E-state index in [9.17, 15) is 0 Å². The van der Waals surface area contributed by atoms with Crippen LogP contribution in [0.3, 0.4) is 0 Å². The summed E-state index contributed by atoms with van der Waals surface area (Å²) in [5.41, 5.74) is 9.27. The van der Waals surface area contributed by atoms with E-state index in [4.69, 9.17) is 17.3 Å². The van der Waals surface area contributed by atoms with Gasteiger partial charge >= 0.3 is 0 Å². The molecule has 0 atom stereocenters. The van der Waals surface area contributed by atoms with Gasteiger partial charge in [-0.15, -0.1) is 5.10 Å². The van der Waals surface area contributed by atoms with Gasteiger partial charge in [0.2, 0.25) is 0 Å². The van der Waals surface area contributed by atoms with Gasteiger partial charge in [0.1, 0.15) is 0 Å². The fourth-order valence-electron chi connectivity index (χ4n) is 2.03. The normalized spacial score (nSPS) is 10.7. The summed E-state index contributed by atoms with van der Waals surface area (Å²) in [6.45, 7) is 1.98. The fourth-order valence-corrected chi connectivity index (χ4v) is 2.20. The lowest BCUT2D eigenvalue weighted by Crippen LogP contribution is -2.03. The monoisotopic (exact) mass is 285 g/mol. The van der Waals surface area contributed by atoms with Gasteiger partial charge in [-0.2, -0.15) is 4.68 Å². The predicted octanol–water partition coefficient (Wildman–Crippen LogP) is 2.87. The largest absolute Gasteiger partial charge is 0.398 e. The van der Waals surface area contributed by atoms with E-state index in [1.807, 2.05) is 49.4 Å². The van der Waals surface area contributed by atoms with E-state index in [-0.39, 0.29) is 0 Å². The van der Waals surface area contributed by atoms with Crippen molar-refractivity contribution < 1.29 is 0 Å². The molecule has 5 nitrogen and oxygen atoms in total. The van der Waals surface area contributed by atoms with Crippen molar-refractivity contribution in [3.05, 3.63) is 53.1 Å². The number of para-hydroxylation sites is 1. The number of hydrogen-bond donors (Lipinski definition) is 1. The van der Waals surface area contributed by atoms with Crippen molar-refractivity contribution in [2.45, 2.75) is 6.92 Å². The summed E-state index contributed by atoms with van der Waals surface area (Å²) in [5.74, 6) is 0.591. The van der Waals surface area contributed by atoms with Crippen molar-refractivity contribution in [3.63, 3.8) is 0 Å². The predicted molar refractivity (Wildman–Crippen MR) is 78.7 cm³/mol. The Bertz CT molecular complexity index is 766. The van der Waals surface area contributed by atoms with Crippen molar-refractivity contribution in [2.75, 3.05) is 5.73 Å². The minimum absolute atomic E-state index is 0.591. The first kappa shape index (κ1) is 12.6. The van der Waals surface area contributed by atoms with Gasteiger partial charge in [0.15, 0.2) is 5.82 Å². The Labute approximate surface area is 121 Å². The summed E-state index contributed by atoms with van der Waals surface area (Å²) >= 11 is 6.06. The number of anilines is 1. The molecule has 0 aliphatic rings. The van der Waals surface area contributed by atoms with E-state index in [1.54, 1.807) is 4.68 Å². The van der Waals surface area contributed by atoms with Crippen LogP contribution < -0.4 is 5.73 Å². The smallest absolute Gasteiger partial charge is 0.189 e. The van der Waals surface area contributed by atoms with E-state index in [2.05, 4.69) is 15.5 Å². The maximum atomic E-state index is 6.06. The highest BCUT2D eigenvalue weighted by Crippen LogP contribution is 2.27. The van der Waals surface area contributed by atoms with Crippen LogP contribution in [0.15, 0.2) is 42.5 Å². The number of hydrogen-bond acceptors (Lipinski definition) is 4. The van der Waals surface area contributed by atoms with Crippen LogP contribution in [0.1, 0.15) is 5.56 Å². The molecule has 3 rings (SSSR count). The van der Waals surface area contributed by atoms with Gasteiger partial charge in [-0.05, 0) is 47.2 Å². The lowest BCUT2D eigenvalue weighted by atomic mass is 10.1. The number of aromatic nitrogens is 4. The zero-order valence-corrected chi connectivity index (χ0v) is 11.5. The van der Waals surface area contributed by atoms with Gasteiger partial charge in [0.25, 0.3) is 0 Å². The highest BCUT2D eigenvalue weighted by atomic mass is 35.5. The standard InChI is InChI=1S/C14H12ClN5/c1-9-6-7-10(15)8-13(9)20-14(17-18-19-20)11-4-2-3-5-12(11)16/h2-8H,16H2,1H3. The maximum absolute atomic E-state index is 6.06. The number of aryl methyl sites for hydroxylation is 1. The Kier molecular flexibility index (Phi) is 3.12. The molecular weight excluding hydrogens is 274 g/mol. The first-order chi connectivity index (χ1) is 9.66. The molecule has 100 valence electrons. The third-order valence-corrected chi connectivity index (χ3v) is 3.31. The SMILES string of the molecule is Cc1ccc(Cl)cc1-n1nnnc1-c1ccccc1N. The topological polar surface area (TPSA) is 69.6 Å². The van der Waals surface area contributed by atoms with Crippen LogP contribution in [0.4, 0.5) is 5.69 Å². The van der Waals surface area contributed by atoms with E-state index in [1.165, 1.54) is 0 Å². The molecule has 0 bridgehead atoms. The molecule has 0 saturated carbocycles. The quantitative estimate of drug-likeness (QED) is 0.735. The second kappa shape index (κ2) is 4.94. The average Bonchev–Trinajstić information content (AvgIpc) is 2.91. The van der Waals surface area contributed by atoms with Crippen LogP contribution >= 0.6 is 11.6 Å². The van der Waals surface area contributed by atoms with Gasteiger partial charge in [0.05, 0.1) is 5.69 Å². The highest BCUT2D eigenvalue weighted by molar-refractivity contribution is 6.30. The second-order valence-electron chi connectivity index (χ2n) is 4.43. The molecule has 0 aliphatic carbocycles. The number of benzene rings is 2. The molecule has 0 aliphatic heterocycles. The van der Waals surface area contributed by atoms with E-state index in [0.29, 0.717) is 16.5 Å². The molecule has 0 radical (unpaired) electrons. The minimum atomic E-state index is 0.591. The Morgan fingerprint density at radius 2 is 1.95 bits per heavy atom. The molecule has 0 fully saturated rings. The van der Waals surface area contributed by atoms with Gasteiger partial charge in [-0.25, -0.2) is 0 Å². The molecule has 3 aromatic rings. The summed E-state index contributed by atoms with van der Waals surface area (Å²) in [6, 6.07) is 13.1. The van der Waals surface area contributed by atoms with E-state index < -0.39 is 0 Å². The number of rotatable bonds is 2. The lowest BCUT2D eigenvalue weighted by Gasteiger charge is -2.09. The molecule has 20 heavy (non-hydrogen) atoms. The number of halogens is 1. The van der Waals surface area contributed by atoms with Gasteiger partial charge < -0.3 is 5.73 Å². The van der Waals surface area contributed by atoms with Crippen LogP contribution in [0.2, 0.25) is 5.02 Å². The first-order valence-electron chi connectivity index (χ1n) is 6.06. The summed E-state index contributed by atoms with van der Waals surface area (Å²) in [4.78, 5) is 0. The van der Waals surface area contributed by atoms with Gasteiger partial charge in [0, 0.05) is 16.3 Å². The lowest BCUT2D eigenvalue weighted by molar-refractivity contribution is 0.787. The molecule has 2 aromatic carbocycles. The first-order valence-corrected chi connectivity index (χ1v) is 6.44. The molecule has 6 heteroatoms. The van der Waals surface area contributed by atoms with Crippen LogP contribution in [0.25, 0.3) is 17.1 Å². The van der Waals surface area contributed by atoms with Crippen molar-refractivity contribution in [1.29, 1.82) is 0 Å². The second-order valence-corrected chi connectivity index (χ2v) is 4.87. The van der Waals surface area contributed by atoms with Crippen LogP contribution in [-0.2, 0) is 0 Å². The zero-order chi connectivity index (χ0) is 14.1. The number of nitrogens with zero attached hydrogens (tertiary/aromatic N) is 4. The van der Waals surface area contributed by atoms with Gasteiger partial charge in [-0.3, -0.25) is 0 Å². The highest BCUT2D eigenvalue weighted by Gasteiger charge is 2.14. The molecule has 0 saturated heterocycles. The fraction of sp³-hybridized carbons (Fsp3) is 0.0714. The van der Waals surface area contributed by atoms with Crippen molar-refractivity contribution in [1.82, 2.24) is 20.2 Å². The van der Waals surface area contributed by atoms with E-state index in [0.717, 1.165) is 16.8 Å². The Morgan fingerprint density at radius 1 is 1.15 bits per heavy atom. The van der Waals surface area contributed by atoms with E-state index >= 15 is 0 Å². The third-order valence-electron chi connectivity index (χ3n) is 3.07. The molecule has 2 N–H and O–H groups in total. The molecule has 0 amide bonds. The molecule has 1 aromatic heterocycles. The Hall–Kier alpha value is -2.40. The molecular formula is C14H12ClN5. The summed E-state index contributed by atoms with van der Waals surface area (Å²) in [5, 5.41) is 12.5. The van der Waals surface area contributed by atoms with Crippen LogP contribution in [0.5, 0.6) is 0 Å². The molecule has 1 heterocycles. The van der Waals surface area contributed by atoms with Crippen LogP contribution in [0, 0.1) is 6.92 Å². The number of nitrogen functional groups attached to an aromatic ring is 1. The Morgan fingerprint density at radius 3 is 2.75 bits per heavy atom. The number of tetrazole rings is 1. The van der Waals surface area contributed by atoms with Crippen LogP contribution in [-0.4, -0.2) is 20.2 Å². The number of nitrogens with two attached hydrogens (primary N) is 1. The molecule has 0 unspecified atom stereocenters. The summed E-state index contributed by atoms with van der Waals surface area (Å²) in [6.07, 6.45) is 0. The average molecular weight is 286 g/mol. The summed E-state index contributed by atoms with van der Waals surface area (Å²) in [7, 11) is 0. The van der Waals surface area contributed by atoms with Crippen molar-refractivity contribution in [2.24, 2.45) is 0 Å². The van der Waals surface area contributed by atoms with Crippen molar-refractivity contribution in [3.8, 4) is 17.1 Å². The van der Waals surface area contributed by atoms with Crippen molar-refractivity contribution >= 4 is 17.3 Å². The third kappa shape index (κ3) is 2.12. The molecule has 0 spiro atoms. The zero-order valence-electron chi connectivity index (χ0n) is 10.8. The summed E-state index contributed by atoms with van der Waals surface area (Å²) < 4.78 is 1.65. The minimum Gasteiger partial charge on any atom is -0.398 e. The Balaban J connectivity index is 2.21. The van der Waals surface area contributed by atoms with Gasteiger partial charge in [-0.1, -0.05) is 29.8 Å².